The maximum absolute atomic E-state index is 5.51. The molecule has 0 amide bonds. The fourth-order valence-electron chi connectivity index (χ4n) is 1.71. The minimum Gasteiger partial charge on any atom is -0.381 e. The molecule has 1 atom stereocenters. The highest BCUT2D eigenvalue weighted by atomic mass is 16.5. The van der Waals surface area contributed by atoms with Gasteiger partial charge in [0, 0.05) is 19.1 Å². The highest BCUT2D eigenvalue weighted by Crippen LogP contribution is 2.15. The Morgan fingerprint density at radius 2 is 2.50 bits per heavy atom. The SMILES string of the molecule is NCc1nnnn1CC1CCCOC1. The first kappa shape index (κ1) is 9.54. The van der Waals surface area contributed by atoms with Gasteiger partial charge in [-0.25, -0.2) is 4.68 Å². The van der Waals surface area contributed by atoms with Gasteiger partial charge < -0.3 is 10.5 Å². The second kappa shape index (κ2) is 4.47. The van der Waals surface area contributed by atoms with Crippen LogP contribution in [0.2, 0.25) is 0 Å². The maximum atomic E-state index is 5.51. The van der Waals surface area contributed by atoms with Crippen LogP contribution in [0.25, 0.3) is 0 Å². The van der Waals surface area contributed by atoms with Crippen molar-refractivity contribution >= 4 is 0 Å². The van der Waals surface area contributed by atoms with Crippen molar-refractivity contribution < 1.29 is 4.74 Å². The number of hydrogen-bond donors (Lipinski definition) is 1. The van der Waals surface area contributed by atoms with E-state index in [0.29, 0.717) is 12.5 Å². The van der Waals surface area contributed by atoms with Gasteiger partial charge in [0.25, 0.3) is 0 Å². The molecule has 2 heterocycles. The van der Waals surface area contributed by atoms with Crippen LogP contribution in [-0.4, -0.2) is 33.4 Å². The normalized spacial score (nSPS) is 22.5. The Hall–Kier alpha value is -1.01. The molecule has 1 aromatic heterocycles. The third-order valence-electron chi connectivity index (χ3n) is 2.47. The lowest BCUT2D eigenvalue weighted by molar-refractivity contribution is 0.0464. The first-order chi connectivity index (χ1) is 6.90. The third-order valence-corrected chi connectivity index (χ3v) is 2.47. The molecule has 78 valence electrons. The fraction of sp³-hybridized carbons (Fsp3) is 0.875. The van der Waals surface area contributed by atoms with Crippen LogP contribution in [-0.2, 0) is 17.8 Å². The van der Waals surface area contributed by atoms with Crippen LogP contribution in [0.15, 0.2) is 0 Å². The van der Waals surface area contributed by atoms with Gasteiger partial charge in [0.05, 0.1) is 13.2 Å². The summed E-state index contributed by atoms with van der Waals surface area (Å²) in [4.78, 5) is 0. The number of ether oxygens (including phenoxy) is 1. The summed E-state index contributed by atoms with van der Waals surface area (Å²) in [5.74, 6) is 1.27. The van der Waals surface area contributed by atoms with Crippen LogP contribution in [0, 0.1) is 5.92 Å². The number of aromatic nitrogens is 4. The highest BCUT2D eigenvalue weighted by Gasteiger charge is 2.16. The highest BCUT2D eigenvalue weighted by molar-refractivity contribution is 4.79. The van der Waals surface area contributed by atoms with Gasteiger partial charge in [-0.1, -0.05) is 0 Å². The quantitative estimate of drug-likeness (QED) is 0.710. The summed E-state index contributed by atoms with van der Waals surface area (Å²) >= 11 is 0. The van der Waals surface area contributed by atoms with Crippen LogP contribution in [0.4, 0.5) is 0 Å². The Bertz CT molecular complexity index is 281. The van der Waals surface area contributed by atoms with Crippen LogP contribution >= 0.6 is 0 Å². The second-order valence-electron chi connectivity index (χ2n) is 3.56. The molecule has 0 bridgehead atoms. The van der Waals surface area contributed by atoms with Crippen molar-refractivity contribution in [1.82, 2.24) is 20.2 Å². The number of nitrogens with two attached hydrogens (primary N) is 1. The summed E-state index contributed by atoms with van der Waals surface area (Å²) in [6.07, 6.45) is 2.31. The second-order valence-corrected chi connectivity index (χ2v) is 3.56. The van der Waals surface area contributed by atoms with Crippen LogP contribution < -0.4 is 5.73 Å². The molecule has 1 aliphatic rings. The molecule has 2 N–H and O–H groups in total. The summed E-state index contributed by atoms with van der Waals surface area (Å²) in [5.41, 5.74) is 5.51. The van der Waals surface area contributed by atoms with E-state index in [1.807, 2.05) is 0 Å². The minimum atomic E-state index is 0.389. The summed E-state index contributed by atoms with van der Waals surface area (Å²) in [6, 6.07) is 0. The zero-order chi connectivity index (χ0) is 9.80. The van der Waals surface area contributed by atoms with Crippen LogP contribution in [0.5, 0.6) is 0 Å². The van der Waals surface area contributed by atoms with E-state index in [1.165, 1.54) is 6.42 Å². The Kier molecular flexibility index (Phi) is 3.05. The van der Waals surface area contributed by atoms with Gasteiger partial charge in [0.1, 0.15) is 0 Å². The summed E-state index contributed by atoms with van der Waals surface area (Å²) in [5, 5.41) is 11.3. The van der Waals surface area contributed by atoms with Crippen molar-refractivity contribution in [3.8, 4) is 0 Å². The minimum absolute atomic E-state index is 0.389. The van der Waals surface area contributed by atoms with Crippen molar-refractivity contribution in [2.24, 2.45) is 11.7 Å². The molecule has 0 aliphatic carbocycles. The van der Waals surface area contributed by atoms with Gasteiger partial charge >= 0.3 is 0 Å². The Labute approximate surface area is 82.4 Å². The van der Waals surface area contributed by atoms with E-state index in [0.717, 1.165) is 32.0 Å². The van der Waals surface area contributed by atoms with E-state index in [-0.39, 0.29) is 0 Å². The number of nitrogens with zero attached hydrogens (tertiary/aromatic N) is 4. The van der Waals surface area contributed by atoms with E-state index in [1.54, 1.807) is 4.68 Å². The summed E-state index contributed by atoms with van der Waals surface area (Å²) in [6.45, 7) is 2.90. The average Bonchev–Trinajstić information content (AvgIpc) is 2.67. The first-order valence-electron chi connectivity index (χ1n) is 4.93. The largest absolute Gasteiger partial charge is 0.381 e. The lowest BCUT2D eigenvalue weighted by Gasteiger charge is -2.21. The first-order valence-corrected chi connectivity index (χ1v) is 4.93. The average molecular weight is 197 g/mol. The van der Waals surface area contributed by atoms with Crippen LogP contribution in [0.3, 0.4) is 0 Å². The lowest BCUT2D eigenvalue weighted by Crippen LogP contribution is -2.24. The molecule has 1 saturated heterocycles. The predicted octanol–water partition coefficient (Wildman–Crippen LogP) is -0.442. The van der Waals surface area contributed by atoms with Crippen molar-refractivity contribution in [3.05, 3.63) is 5.82 Å². The number of rotatable bonds is 3. The topological polar surface area (TPSA) is 78.9 Å². The fourth-order valence-corrected chi connectivity index (χ4v) is 1.71. The smallest absolute Gasteiger partial charge is 0.164 e. The predicted molar refractivity (Wildman–Crippen MR) is 49.3 cm³/mol. The molecular formula is C8H15N5O. The summed E-state index contributed by atoms with van der Waals surface area (Å²) in [7, 11) is 0. The third kappa shape index (κ3) is 2.08. The zero-order valence-corrected chi connectivity index (χ0v) is 8.09. The van der Waals surface area contributed by atoms with Crippen molar-refractivity contribution in [2.75, 3.05) is 13.2 Å². The number of tetrazole rings is 1. The molecule has 0 spiro atoms. The Morgan fingerprint density at radius 3 is 3.21 bits per heavy atom. The van der Waals surface area contributed by atoms with Gasteiger partial charge in [-0.15, -0.1) is 5.10 Å². The Morgan fingerprint density at radius 1 is 1.57 bits per heavy atom. The number of hydrogen-bond acceptors (Lipinski definition) is 5. The molecule has 14 heavy (non-hydrogen) atoms. The van der Waals surface area contributed by atoms with Gasteiger partial charge in [-0.3, -0.25) is 0 Å². The molecule has 6 nitrogen and oxygen atoms in total. The van der Waals surface area contributed by atoms with E-state index >= 15 is 0 Å². The molecule has 0 radical (unpaired) electrons. The molecule has 0 saturated carbocycles. The van der Waals surface area contributed by atoms with Gasteiger partial charge in [0.15, 0.2) is 5.82 Å². The maximum Gasteiger partial charge on any atom is 0.164 e. The van der Waals surface area contributed by atoms with Gasteiger partial charge in [-0.05, 0) is 23.3 Å². The standard InChI is InChI=1S/C8H15N5O/c9-4-8-10-11-12-13(8)5-7-2-1-3-14-6-7/h7H,1-6,9H2. The zero-order valence-electron chi connectivity index (χ0n) is 8.09. The molecule has 1 fully saturated rings. The van der Waals surface area contributed by atoms with Crippen molar-refractivity contribution in [1.29, 1.82) is 0 Å². The Balaban J connectivity index is 1.95. The molecule has 2 rings (SSSR count). The molecule has 1 aromatic rings. The van der Waals surface area contributed by atoms with E-state index in [9.17, 15) is 0 Å². The van der Waals surface area contributed by atoms with Crippen molar-refractivity contribution in [2.45, 2.75) is 25.9 Å². The van der Waals surface area contributed by atoms with E-state index in [4.69, 9.17) is 10.5 Å². The van der Waals surface area contributed by atoms with Gasteiger partial charge in [0.2, 0.25) is 0 Å². The molecule has 1 unspecified atom stereocenters. The lowest BCUT2D eigenvalue weighted by atomic mass is 10.0. The molecular weight excluding hydrogens is 182 g/mol. The van der Waals surface area contributed by atoms with Gasteiger partial charge in [-0.2, -0.15) is 0 Å². The molecule has 6 heteroatoms. The summed E-state index contributed by atoms with van der Waals surface area (Å²) < 4.78 is 7.17. The van der Waals surface area contributed by atoms with E-state index < -0.39 is 0 Å². The van der Waals surface area contributed by atoms with Crippen LogP contribution in [0.1, 0.15) is 18.7 Å². The molecule has 1 aliphatic heterocycles. The molecule has 0 aromatic carbocycles. The monoisotopic (exact) mass is 197 g/mol. The van der Waals surface area contributed by atoms with Crippen molar-refractivity contribution in [3.63, 3.8) is 0 Å². The van der Waals surface area contributed by atoms with E-state index in [2.05, 4.69) is 15.5 Å².